The summed E-state index contributed by atoms with van der Waals surface area (Å²) in [6.07, 6.45) is -2.78. The smallest absolute Gasteiger partial charge is 0.410 e. The van der Waals surface area contributed by atoms with Crippen LogP contribution in [-0.2, 0) is 4.74 Å². The lowest BCUT2D eigenvalue weighted by atomic mass is 9.97. The Morgan fingerprint density at radius 3 is 2.27 bits per heavy atom. The number of ether oxygens (including phenoxy) is 1. The summed E-state index contributed by atoms with van der Waals surface area (Å²) >= 11 is 0. The molecule has 1 amide bonds. The van der Waals surface area contributed by atoms with Gasteiger partial charge in [-0.25, -0.2) is 13.6 Å². The van der Waals surface area contributed by atoms with Gasteiger partial charge in [0.2, 0.25) is 0 Å². The third-order valence-corrected chi connectivity index (χ3v) is 3.38. The fourth-order valence-electron chi connectivity index (χ4n) is 2.17. The van der Waals surface area contributed by atoms with E-state index < -0.39 is 24.5 Å². The van der Waals surface area contributed by atoms with E-state index in [4.69, 9.17) is 4.74 Å². The molecule has 0 aliphatic carbocycles. The summed E-state index contributed by atoms with van der Waals surface area (Å²) in [5.74, 6) is -3.91. The highest BCUT2D eigenvalue weighted by Gasteiger charge is 2.40. The number of likely N-dealkylation sites (tertiary alicyclic amines) is 1. The molecular weight excluding hydrogens is 304 g/mol. The van der Waals surface area contributed by atoms with Crippen molar-refractivity contribution >= 4 is 6.09 Å². The molecule has 1 aliphatic rings. The molecule has 1 N–H and O–H groups in total. The standard InChI is InChI=1S/C14H24F4N2O2/c1-13(2,3)22-12(21)20-6-4-10(5-7-20)8-19-9-14(17,18)11(15)16/h10-11,19H,4-9H2,1-3H3. The van der Waals surface area contributed by atoms with Crippen LogP contribution in [0, 0.1) is 5.92 Å². The average Bonchev–Trinajstić information content (AvgIpc) is 2.37. The fraction of sp³-hybridized carbons (Fsp3) is 0.929. The zero-order valence-corrected chi connectivity index (χ0v) is 13.2. The van der Waals surface area contributed by atoms with Gasteiger partial charge in [-0.1, -0.05) is 0 Å². The van der Waals surface area contributed by atoms with E-state index in [9.17, 15) is 22.4 Å². The molecule has 1 rings (SSSR count). The zero-order chi connectivity index (χ0) is 17.0. The van der Waals surface area contributed by atoms with Crippen LogP contribution in [0.5, 0.6) is 0 Å². The monoisotopic (exact) mass is 328 g/mol. The van der Waals surface area contributed by atoms with E-state index in [0.29, 0.717) is 25.9 Å². The van der Waals surface area contributed by atoms with Crippen LogP contribution in [0.2, 0.25) is 0 Å². The number of alkyl halides is 4. The molecule has 8 heteroatoms. The van der Waals surface area contributed by atoms with E-state index in [1.165, 1.54) is 0 Å². The molecule has 0 aromatic heterocycles. The lowest BCUT2D eigenvalue weighted by Crippen LogP contribution is -2.45. The summed E-state index contributed by atoms with van der Waals surface area (Å²) in [6.45, 7) is 5.51. The van der Waals surface area contributed by atoms with Crippen LogP contribution < -0.4 is 5.32 Å². The highest BCUT2D eigenvalue weighted by molar-refractivity contribution is 5.68. The number of carbonyl (C=O) groups excluding carboxylic acids is 1. The summed E-state index contributed by atoms with van der Waals surface area (Å²) < 4.78 is 54.8. The number of halogens is 4. The second kappa shape index (κ2) is 7.48. The number of carbonyl (C=O) groups is 1. The molecular formula is C14H24F4N2O2. The number of hydrogen-bond acceptors (Lipinski definition) is 3. The van der Waals surface area contributed by atoms with Crippen molar-refractivity contribution in [3.05, 3.63) is 0 Å². The Hall–Kier alpha value is -1.05. The number of nitrogens with zero attached hydrogens (tertiary/aromatic N) is 1. The molecule has 1 heterocycles. The van der Waals surface area contributed by atoms with Gasteiger partial charge < -0.3 is 15.0 Å². The highest BCUT2D eigenvalue weighted by Crippen LogP contribution is 2.23. The number of rotatable bonds is 5. The molecule has 1 fully saturated rings. The Bertz CT molecular complexity index is 364. The van der Waals surface area contributed by atoms with Crippen LogP contribution in [0.4, 0.5) is 22.4 Å². The molecule has 130 valence electrons. The van der Waals surface area contributed by atoms with Gasteiger partial charge in [0.25, 0.3) is 0 Å². The fourth-order valence-corrected chi connectivity index (χ4v) is 2.17. The lowest BCUT2D eigenvalue weighted by molar-refractivity contribution is -0.125. The first kappa shape index (κ1) is 19.0. The normalized spacial score (nSPS) is 17.9. The summed E-state index contributed by atoms with van der Waals surface area (Å²) in [6, 6.07) is 0. The molecule has 0 atom stereocenters. The SMILES string of the molecule is CC(C)(C)OC(=O)N1CCC(CNCC(F)(F)C(F)F)CC1. The molecule has 0 saturated carbocycles. The van der Waals surface area contributed by atoms with Crippen molar-refractivity contribution in [1.29, 1.82) is 0 Å². The second-order valence-electron chi connectivity index (χ2n) is 6.60. The first-order valence-corrected chi connectivity index (χ1v) is 7.36. The number of hydrogen-bond donors (Lipinski definition) is 1. The van der Waals surface area contributed by atoms with Crippen LogP contribution in [0.3, 0.4) is 0 Å². The van der Waals surface area contributed by atoms with Crippen LogP contribution in [0.1, 0.15) is 33.6 Å². The third kappa shape index (κ3) is 6.37. The Morgan fingerprint density at radius 2 is 1.82 bits per heavy atom. The zero-order valence-electron chi connectivity index (χ0n) is 13.2. The van der Waals surface area contributed by atoms with Crippen molar-refractivity contribution in [3.8, 4) is 0 Å². The van der Waals surface area contributed by atoms with E-state index in [0.717, 1.165) is 0 Å². The van der Waals surface area contributed by atoms with Gasteiger partial charge in [-0.3, -0.25) is 0 Å². The lowest BCUT2D eigenvalue weighted by Gasteiger charge is -2.33. The maximum atomic E-state index is 12.7. The van der Waals surface area contributed by atoms with Gasteiger partial charge in [0.15, 0.2) is 0 Å². The minimum atomic E-state index is -4.00. The van der Waals surface area contributed by atoms with Crippen molar-refractivity contribution < 1.29 is 27.1 Å². The van der Waals surface area contributed by atoms with E-state index >= 15 is 0 Å². The molecule has 0 bridgehead atoms. The predicted octanol–water partition coefficient (Wildman–Crippen LogP) is 3.12. The summed E-state index contributed by atoms with van der Waals surface area (Å²) in [5.41, 5.74) is -0.559. The molecule has 0 aromatic rings. The van der Waals surface area contributed by atoms with Gasteiger partial charge in [-0.05, 0) is 46.1 Å². The quantitative estimate of drug-likeness (QED) is 0.789. The Balaban J connectivity index is 2.27. The molecule has 22 heavy (non-hydrogen) atoms. The molecule has 0 aromatic carbocycles. The number of amides is 1. The van der Waals surface area contributed by atoms with Crippen LogP contribution in [0.15, 0.2) is 0 Å². The Morgan fingerprint density at radius 1 is 1.27 bits per heavy atom. The summed E-state index contributed by atoms with van der Waals surface area (Å²) in [7, 11) is 0. The van der Waals surface area contributed by atoms with Crippen molar-refractivity contribution in [3.63, 3.8) is 0 Å². The number of nitrogens with one attached hydrogen (secondary N) is 1. The van der Waals surface area contributed by atoms with E-state index in [1.807, 2.05) is 0 Å². The van der Waals surface area contributed by atoms with Gasteiger partial charge in [0.1, 0.15) is 5.60 Å². The first-order chi connectivity index (χ1) is 10.0. The topological polar surface area (TPSA) is 41.6 Å². The van der Waals surface area contributed by atoms with Gasteiger partial charge in [0.05, 0.1) is 6.54 Å². The summed E-state index contributed by atoms with van der Waals surface area (Å²) in [4.78, 5) is 13.4. The third-order valence-electron chi connectivity index (χ3n) is 3.38. The van der Waals surface area contributed by atoms with Gasteiger partial charge in [0, 0.05) is 13.1 Å². The maximum absolute atomic E-state index is 12.7. The largest absolute Gasteiger partial charge is 0.444 e. The number of piperidine rings is 1. The van der Waals surface area contributed by atoms with Gasteiger partial charge in [-0.2, -0.15) is 8.78 Å². The van der Waals surface area contributed by atoms with Gasteiger partial charge in [-0.15, -0.1) is 0 Å². The molecule has 0 radical (unpaired) electrons. The average molecular weight is 328 g/mol. The first-order valence-electron chi connectivity index (χ1n) is 7.36. The van der Waals surface area contributed by atoms with Crippen LogP contribution >= 0.6 is 0 Å². The summed E-state index contributed by atoms with van der Waals surface area (Å²) in [5, 5.41) is 2.39. The molecule has 0 unspecified atom stereocenters. The minimum Gasteiger partial charge on any atom is -0.444 e. The van der Waals surface area contributed by atoms with Crippen LogP contribution in [0.25, 0.3) is 0 Å². The minimum absolute atomic E-state index is 0.0900. The van der Waals surface area contributed by atoms with E-state index in [1.54, 1.807) is 25.7 Å². The Kier molecular flexibility index (Phi) is 6.46. The predicted molar refractivity (Wildman–Crippen MR) is 74.4 cm³/mol. The second-order valence-corrected chi connectivity index (χ2v) is 6.60. The van der Waals surface area contributed by atoms with E-state index in [2.05, 4.69) is 5.32 Å². The van der Waals surface area contributed by atoms with Crippen LogP contribution in [-0.4, -0.2) is 55.1 Å². The Labute approximate surface area is 128 Å². The van der Waals surface area contributed by atoms with Crippen molar-refractivity contribution in [2.45, 2.75) is 51.6 Å². The van der Waals surface area contributed by atoms with E-state index in [-0.39, 0.29) is 18.6 Å². The molecule has 1 aliphatic heterocycles. The van der Waals surface area contributed by atoms with Crippen molar-refractivity contribution in [1.82, 2.24) is 10.2 Å². The highest BCUT2D eigenvalue weighted by atomic mass is 19.3. The van der Waals surface area contributed by atoms with Crippen molar-refractivity contribution in [2.75, 3.05) is 26.2 Å². The van der Waals surface area contributed by atoms with Crippen molar-refractivity contribution in [2.24, 2.45) is 5.92 Å². The molecule has 0 spiro atoms. The molecule has 1 saturated heterocycles. The molecule has 4 nitrogen and oxygen atoms in total. The van der Waals surface area contributed by atoms with Gasteiger partial charge >= 0.3 is 18.4 Å². The maximum Gasteiger partial charge on any atom is 0.410 e.